The van der Waals surface area contributed by atoms with Crippen LogP contribution in [0, 0.1) is 5.92 Å². The number of hydrogen-bond acceptors (Lipinski definition) is 5. The Morgan fingerprint density at radius 1 is 1.14 bits per heavy atom. The van der Waals surface area contributed by atoms with Crippen molar-refractivity contribution in [1.82, 2.24) is 15.0 Å². The first-order chi connectivity index (χ1) is 13.8. The molecule has 1 saturated carbocycles. The number of carbonyl (C=O) groups is 1. The van der Waals surface area contributed by atoms with Crippen molar-refractivity contribution in [3.8, 4) is 0 Å². The van der Waals surface area contributed by atoms with Gasteiger partial charge < -0.3 is 14.2 Å². The summed E-state index contributed by atoms with van der Waals surface area (Å²) in [5, 5.41) is 4.11. The Morgan fingerprint density at radius 3 is 2.82 bits per heavy atom. The van der Waals surface area contributed by atoms with Gasteiger partial charge in [0, 0.05) is 26.0 Å². The van der Waals surface area contributed by atoms with E-state index in [0.717, 1.165) is 44.8 Å². The number of piperidine rings is 1. The van der Waals surface area contributed by atoms with Gasteiger partial charge in [0.05, 0.1) is 6.61 Å². The van der Waals surface area contributed by atoms with E-state index in [0.29, 0.717) is 31.2 Å². The van der Waals surface area contributed by atoms with Crippen LogP contribution in [-0.2, 0) is 22.4 Å². The van der Waals surface area contributed by atoms with Gasteiger partial charge in [0.15, 0.2) is 5.82 Å². The Morgan fingerprint density at radius 2 is 2.00 bits per heavy atom. The molecule has 1 saturated heterocycles. The maximum absolute atomic E-state index is 12.9. The zero-order chi connectivity index (χ0) is 19.2. The molecule has 0 N–H and O–H groups in total. The summed E-state index contributed by atoms with van der Waals surface area (Å²) >= 11 is 0. The highest BCUT2D eigenvalue weighted by Crippen LogP contribution is 2.31. The van der Waals surface area contributed by atoms with Gasteiger partial charge in [-0.2, -0.15) is 4.98 Å². The standard InChI is InChI=1S/C22H29N3O3/c26-21(12-11-17-6-2-1-3-7-17)25-14-5-4-8-19(25)22-23-20(24-28-22)13-15-27-16-18-9-10-18/h1-3,6-7,18-19H,4-5,8-16H2. The number of likely N-dealkylation sites (tertiary alicyclic amines) is 1. The van der Waals surface area contributed by atoms with E-state index in [2.05, 4.69) is 22.3 Å². The van der Waals surface area contributed by atoms with Crippen molar-refractivity contribution in [2.45, 2.75) is 57.4 Å². The molecule has 1 unspecified atom stereocenters. The largest absolute Gasteiger partial charge is 0.381 e. The number of aromatic nitrogens is 2. The molecule has 1 atom stereocenters. The molecular formula is C22H29N3O3. The average Bonchev–Trinajstić information content (AvgIpc) is 3.45. The first-order valence-electron chi connectivity index (χ1n) is 10.5. The van der Waals surface area contributed by atoms with Crippen molar-refractivity contribution in [3.05, 3.63) is 47.6 Å². The smallest absolute Gasteiger partial charge is 0.249 e. The molecule has 0 radical (unpaired) electrons. The molecule has 4 rings (SSSR count). The number of carbonyl (C=O) groups excluding carboxylic acids is 1. The van der Waals surface area contributed by atoms with Crippen LogP contribution in [0.4, 0.5) is 0 Å². The lowest BCUT2D eigenvalue weighted by Crippen LogP contribution is -2.38. The average molecular weight is 383 g/mol. The molecule has 1 aliphatic carbocycles. The molecule has 0 spiro atoms. The van der Waals surface area contributed by atoms with Gasteiger partial charge in [0.2, 0.25) is 11.8 Å². The Kier molecular flexibility index (Phi) is 6.37. The fraction of sp³-hybridized carbons (Fsp3) is 0.591. The number of amides is 1. The van der Waals surface area contributed by atoms with Crippen LogP contribution in [0.3, 0.4) is 0 Å². The third-order valence-electron chi connectivity index (χ3n) is 5.58. The van der Waals surface area contributed by atoms with E-state index >= 15 is 0 Å². The first kappa shape index (κ1) is 19.1. The molecule has 6 nitrogen and oxygen atoms in total. The van der Waals surface area contributed by atoms with Crippen molar-refractivity contribution in [2.75, 3.05) is 19.8 Å². The zero-order valence-electron chi connectivity index (χ0n) is 16.4. The Hall–Kier alpha value is -2.21. The van der Waals surface area contributed by atoms with Gasteiger partial charge >= 0.3 is 0 Å². The lowest BCUT2D eigenvalue weighted by atomic mass is 10.0. The molecule has 28 heavy (non-hydrogen) atoms. The van der Waals surface area contributed by atoms with Gasteiger partial charge in [-0.05, 0) is 50.0 Å². The number of benzene rings is 1. The van der Waals surface area contributed by atoms with E-state index in [-0.39, 0.29) is 11.9 Å². The maximum atomic E-state index is 12.9. The van der Waals surface area contributed by atoms with Crippen molar-refractivity contribution in [2.24, 2.45) is 5.92 Å². The minimum atomic E-state index is -0.0920. The second-order valence-electron chi connectivity index (χ2n) is 7.90. The number of nitrogens with zero attached hydrogens (tertiary/aromatic N) is 3. The number of hydrogen-bond donors (Lipinski definition) is 0. The summed E-state index contributed by atoms with van der Waals surface area (Å²) in [6.07, 6.45) is 7.51. The van der Waals surface area contributed by atoms with Crippen LogP contribution in [0.25, 0.3) is 0 Å². The Labute approximate surface area is 166 Å². The summed E-state index contributed by atoms with van der Waals surface area (Å²) in [5.74, 6) is 2.18. The number of rotatable bonds is 9. The second-order valence-corrected chi connectivity index (χ2v) is 7.90. The van der Waals surface area contributed by atoms with Crippen molar-refractivity contribution < 1.29 is 14.1 Å². The third kappa shape index (κ3) is 5.19. The molecule has 1 aromatic carbocycles. The van der Waals surface area contributed by atoms with Gasteiger partial charge in [0.25, 0.3) is 0 Å². The molecule has 2 aliphatic rings. The lowest BCUT2D eigenvalue weighted by molar-refractivity contribution is -0.135. The van der Waals surface area contributed by atoms with E-state index in [4.69, 9.17) is 9.26 Å². The molecule has 1 aromatic heterocycles. The molecule has 2 aromatic rings. The summed E-state index contributed by atoms with van der Waals surface area (Å²) in [6, 6.07) is 10.1. The van der Waals surface area contributed by atoms with Crippen LogP contribution in [0.5, 0.6) is 0 Å². The van der Waals surface area contributed by atoms with Crippen LogP contribution in [-0.4, -0.2) is 40.7 Å². The van der Waals surface area contributed by atoms with E-state index < -0.39 is 0 Å². The lowest BCUT2D eigenvalue weighted by Gasteiger charge is -2.33. The molecular weight excluding hydrogens is 354 g/mol. The summed E-state index contributed by atoms with van der Waals surface area (Å²) in [6.45, 7) is 2.23. The molecule has 150 valence electrons. The van der Waals surface area contributed by atoms with Gasteiger partial charge in [0.1, 0.15) is 6.04 Å². The normalized spacial score (nSPS) is 19.7. The first-order valence-corrected chi connectivity index (χ1v) is 10.5. The van der Waals surface area contributed by atoms with Crippen LogP contribution < -0.4 is 0 Å². The summed E-state index contributed by atoms with van der Waals surface area (Å²) in [7, 11) is 0. The minimum Gasteiger partial charge on any atom is -0.381 e. The molecule has 6 heteroatoms. The SMILES string of the molecule is O=C(CCc1ccccc1)N1CCCCC1c1nc(CCOCC2CC2)no1. The highest BCUT2D eigenvalue weighted by Gasteiger charge is 2.31. The van der Waals surface area contributed by atoms with Crippen LogP contribution >= 0.6 is 0 Å². The molecule has 0 bridgehead atoms. The minimum absolute atomic E-state index is 0.0920. The van der Waals surface area contributed by atoms with Crippen LogP contribution in [0.2, 0.25) is 0 Å². The van der Waals surface area contributed by atoms with Crippen LogP contribution in [0.15, 0.2) is 34.9 Å². The van der Waals surface area contributed by atoms with E-state index in [1.807, 2.05) is 23.1 Å². The Bertz CT molecular complexity index is 757. The van der Waals surface area contributed by atoms with Crippen LogP contribution in [0.1, 0.15) is 61.8 Å². The van der Waals surface area contributed by atoms with Gasteiger partial charge in [-0.25, -0.2) is 0 Å². The molecule has 2 heterocycles. The van der Waals surface area contributed by atoms with Crippen molar-refractivity contribution in [3.63, 3.8) is 0 Å². The maximum Gasteiger partial charge on any atom is 0.249 e. The monoisotopic (exact) mass is 383 g/mol. The third-order valence-corrected chi connectivity index (χ3v) is 5.58. The van der Waals surface area contributed by atoms with Crippen molar-refractivity contribution >= 4 is 5.91 Å². The van der Waals surface area contributed by atoms with E-state index in [1.165, 1.54) is 18.4 Å². The Balaban J connectivity index is 1.31. The predicted molar refractivity (Wildman–Crippen MR) is 105 cm³/mol. The molecule has 2 fully saturated rings. The zero-order valence-corrected chi connectivity index (χ0v) is 16.4. The predicted octanol–water partition coefficient (Wildman–Crippen LogP) is 3.73. The molecule has 1 amide bonds. The van der Waals surface area contributed by atoms with E-state index in [9.17, 15) is 4.79 Å². The fourth-order valence-corrected chi connectivity index (χ4v) is 3.73. The summed E-state index contributed by atoms with van der Waals surface area (Å²) in [4.78, 5) is 19.4. The number of aryl methyl sites for hydroxylation is 1. The highest BCUT2D eigenvalue weighted by atomic mass is 16.5. The quantitative estimate of drug-likeness (QED) is 0.617. The molecule has 1 aliphatic heterocycles. The van der Waals surface area contributed by atoms with Gasteiger partial charge in [-0.3, -0.25) is 4.79 Å². The van der Waals surface area contributed by atoms with Crippen molar-refractivity contribution in [1.29, 1.82) is 0 Å². The summed E-state index contributed by atoms with van der Waals surface area (Å²) < 4.78 is 11.2. The number of ether oxygens (including phenoxy) is 1. The van der Waals surface area contributed by atoms with E-state index in [1.54, 1.807) is 0 Å². The fourth-order valence-electron chi connectivity index (χ4n) is 3.73. The van der Waals surface area contributed by atoms with Gasteiger partial charge in [-0.1, -0.05) is 35.5 Å². The second kappa shape index (κ2) is 9.32. The summed E-state index contributed by atoms with van der Waals surface area (Å²) in [5.41, 5.74) is 1.19. The topological polar surface area (TPSA) is 68.5 Å². The van der Waals surface area contributed by atoms with Gasteiger partial charge in [-0.15, -0.1) is 0 Å². The highest BCUT2D eigenvalue weighted by molar-refractivity contribution is 5.77.